The molecule has 4 nitrogen and oxygen atoms in total. The third-order valence-electron chi connectivity index (χ3n) is 8.16. The first-order valence-corrected chi connectivity index (χ1v) is 13.9. The van der Waals surface area contributed by atoms with E-state index in [0.29, 0.717) is 23.0 Å². The molecule has 0 aromatic heterocycles. The van der Waals surface area contributed by atoms with Crippen LogP contribution in [0, 0.1) is 0 Å². The maximum atomic E-state index is 5.68. The molecule has 7 aromatic carbocycles. The highest BCUT2D eigenvalue weighted by Gasteiger charge is 2.20. The van der Waals surface area contributed by atoms with Gasteiger partial charge in [-0.2, -0.15) is 0 Å². The Morgan fingerprint density at radius 2 is 0.595 bits per heavy atom. The zero-order valence-electron chi connectivity index (χ0n) is 24.0. The minimum atomic E-state index is 0.710. The molecule has 7 aromatic rings. The quantitative estimate of drug-likeness (QED) is 0.193. The van der Waals surface area contributed by atoms with Crippen LogP contribution in [-0.4, -0.2) is 28.4 Å². The molecule has 0 atom stereocenters. The Balaban J connectivity index is 1.73. The molecule has 42 heavy (non-hydrogen) atoms. The van der Waals surface area contributed by atoms with Gasteiger partial charge in [0, 0.05) is 0 Å². The van der Waals surface area contributed by atoms with E-state index >= 15 is 0 Å². The summed E-state index contributed by atoms with van der Waals surface area (Å²) in [6.07, 6.45) is 0. The molecular weight excluding hydrogens is 520 g/mol. The lowest BCUT2D eigenvalue weighted by molar-refractivity contribution is 0.356. The lowest BCUT2D eigenvalue weighted by Gasteiger charge is -2.20. The molecule has 0 aliphatic rings. The summed E-state index contributed by atoms with van der Waals surface area (Å²) in [5.41, 5.74) is 4.70. The van der Waals surface area contributed by atoms with Crippen molar-refractivity contribution in [3.8, 4) is 45.3 Å². The Morgan fingerprint density at radius 3 is 0.833 bits per heavy atom. The summed E-state index contributed by atoms with van der Waals surface area (Å²) >= 11 is 0. The average molecular weight is 551 g/mol. The third-order valence-corrected chi connectivity index (χ3v) is 8.16. The average Bonchev–Trinajstić information content (AvgIpc) is 3.04. The van der Waals surface area contributed by atoms with Crippen LogP contribution in [0.4, 0.5) is 0 Å². The summed E-state index contributed by atoms with van der Waals surface area (Å²) in [4.78, 5) is 0. The molecule has 0 fully saturated rings. The molecule has 0 aliphatic carbocycles. The van der Waals surface area contributed by atoms with Crippen LogP contribution in [0.5, 0.6) is 23.0 Å². The molecule has 0 heterocycles. The van der Waals surface area contributed by atoms with Crippen LogP contribution in [0.15, 0.2) is 109 Å². The number of hydrogen-bond donors (Lipinski definition) is 0. The van der Waals surface area contributed by atoms with Gasteiger partial charge >= 0.3 is 0 Å². The molecule has 0 radical (unpaired) electrons. The van der Waals surface area contributed by atoms with Crippen molar-refractivity contribution in [2.45, 2.75) is 0 Å². The molecular formula is C38H30O4. The predicted octanol–water partition coefficient (Wildman–Crippen LogP) is 9.67. The molecule has 206 valence electrons. The summed E-state index contributed by atoms with van der Waals surface area (Å²) in [7, 11) is 6.70. The Bertz CT molecular complexity index is 1850. The van der Waals surface area contributed by atoms with Gasteiger partial charge in [-0.1, -0.05) is 60.7 Å². The minimum absolute atomic E-state index is 0.710. The number of benzene rings is 7. The van der Waals surface area contributed by atoms with Crippen molar-refractivity contribution >= 4 is 43.1 Å². The zero-order valence-corrected chi connectivity index (χ0v) is 24.0. The maximum Gasteiger partial charge on any atom is 0.161 e. The van der Waals surface area contributed by atoms with Gasteiger partial charge in [0.05, 0.1) is 28.4 Å². The lowest BCUT2D eigenvalue weighted by atomic mass is 9.84. The van der Waals surface area contributed by atoms with E-state index in [9.17, 15) is 0 Å². The van der Waals surface area contributed by atoms with Gasteiger partial charge in [-0.05, 0) is 114 Å². The van der Waals surface area contributed by atoms with Crippen LogP contribution >= 0.6 is 0 Å². The Kier molecular flexibility index (Phi) is 6.32. The highest BCUT2D eigenvalue weighted by Crippen LogP contribution is 2.47. The third kappa shape index (κ3) is 4.07. The van der Waals surface area contributed by atoms with Crippen LogP contribution in [-0.2, 0) is 0 Å². The number of methoxy groups -OCH3 is 4. The van der Waals surface area contributed by atoms with Gasteiger partial charge in [-0.25, -0.2) is 0 Å². The molecule has 0 saturated heterocycles. The minimum Gasteiger partial charge on any atom is -0.493 e. The molecule has 4 heteroatoms. The standard InChI is InChI=1S/C38H30O4/c1-39-33-19-25-15-29-30(16-26(25)20-34(33)40-2)38(24-13-9-6-10-14-24)32-18-28-22-36(42-4)35(41-3)21-27(28)17-31(32)37(29)23-11-7-5-8-12-23/h5-22H,1-4H3. The highest BCUT2D eigenvalue weighted by molar-refractivity contribution is 6.25. The first-order chi connectivity index (χ1) is 20.6. The Morgan fingerprint density at radius 1 is 0.333 bits per heavy atom. The second kappa shape index (κ2) is 10.3. The molecule has 0 amide bonds. The largest absolute Gasteiger partial charge is 0.493 e. The van der Waals surface area contributed by atoms with Gasteiger partial charge in [-0.3, -0.25) is 0 Å². The van der Waals surface area contributed by atoms with Gasteiger partial charge in [0.15, 0.2) is 23.0 Å². The summed E-state index contributed by atoms with van der Waals surface area (Å²) < 4.78 is 22.7. The van der Waals surface area contributed by atoms with Crippen molar-refractivity contribution < 1.29 is 18.9 Å². The van der Waals surface area contributed by atoms with Crippen molar-refractivity contribution in [1.82, 2.24) is 0 Å². The van der Waals surface area contributed by atoms with Crippen molar-refractivity contribution in [1.29, 1.82) is 0 Å². The lowest BCUT2D eigenvalue weighted by Crippen LogP contribution is -1.94. The second-order valence-corrected chi connectivity index (χ2v) is 10.4. The van der Waals surface area contributed by atoms with E-state index in [-0.39, 0.29) is 0 Å². The van der Waals surface area contributed by atoms with E-state index in [0.717, 1.165) is 32.7 Å². The molecule has 0 aliphatic heterocycles. The van der Waals surface area contributed by atoms with Crippen LogP contribution in [0.25, 0.3) is 65.3 Å². The highest BCUT2D eigenvalue weighted by atomic mass is 16.5. The summed E-state index contributed by atoms with van der Waals surface area (Å²) in [6, 6.07) is 38.7. The zero-order chi connectivity index (χ0) is 28.8. The fourth-order valence-corrected chi connectivity index (χ4v) is 6.20. The van der Waals surface area contributed by atoms with Gasteiger partial charge in [0.25, 0.3) is 0 Å². The number of rotatable bonds is 6. The van der Waals surface area contributed by atoms with E-state index in [1.165, 1.54) is 32.7 Å². The Hall–Kier alpha value is -5.22. The van der Waals surface area contributed by atoms with E-state index in [1.54, 1.807) is 28.4 Å². The summed E-state index contributed by atoms with van der Waals surface area (Å²) in [5, 5.41) is 9.04. The van der Waals surface area contributed by atoms with Gasteiger partial charge < -0.3 is 18.9 Å². The van der Waals surface area contributed by atoms with E-state index < -0.39 is 0 Å². The van der Waals surface area contributed by atoms with Crippen molar-refractivity contribution in [3.63, 3.8) is 0 Å². The van der Waals surface area contributed by atoms with Gasteiger partial charge in [0.1, 0.15) is 0 Å². The number of hydrogen-bond acceptors (Lipinski definition) is 4. The van der Waals surface area contributed by atoms with Crippen molar-refractivity contribution in [2.24, 2.45) is 0 Å². The first-order valence-electron chi connectivity index (χ1n) is 13.9. The predicted molar refractivity (Wildman–Crippen MR) is 174 cm³/mol. The van der Waals surface area contributed by atoms with Gasteiger partial charge in [-0.15, -0.1) is 0 Å². The molecule has 7 rings (SSSR count). The van der Waals surface area contributed by atoms with Crippen LogP contribution in [0.2, 0.25) is 0 Å². The fourth-order valence-electron chi connectivity index (χ4n) is 6.20. The van der Waals surface area contributed by atoms with Crippen molar-refractivity contribution in [3.05, 3.63) is 109 Å². The smallest absolute Gasteiger partial charge is 0.161 e. The van der Waals surface area contributed by atoms with E-state index in [1.807, 2.05) is 0 Å². The second-order valence-electron chi connectivity index (χ2n) is 10.4. The SMILES string of the molecule is COc1cc2cc3c(-c4ccccc4)c4cc5cc(OC)c(OC)cc5cc4c(-c4ccccc4)c3cc2cc1OC. The van der Waals surface area contributed by atoms with E-state index in [4.69, 9.17) is 18.9 Å². The molecule has 0 saturated carbocycles. The van der Waals surface area contributed by atoms with Crippen molar-refractivity contribution in [2.75, 3.05) is 28.4 Å². The summed E-state index contributed by atoms with van der Waals surface area (Å²) in [5.74, 6) is 2.84. The first kappa shape index (κ1) is 25.7. The topological polar surface area (TPSA) is 36.9 Å². The number of fused-ring (bicyclic) bond motifs is 4. The molecule has 0 bridgehead atoms. The maximum absolute atomic E-state index is 5.68. The number of ether oxygens (including phenoxy) is 4. The molecule has 0 unspecified atom stereocenters. The van der Waals surface area contributed by atoms with E-state index in [2.05, 4.69) is 109 Å². The van der Waals surface area contributed by atoms with Crippen LogP contribution in [0.1, 0.15) is 0 Å². The van der Waals surface area contributed by atoms with Crippen LogP contribution < -0.4 is 18.9 Å². The molecule has 0 spiro atoms. The molecule has 0 N–H and O–H groups in total. The monoisotopic (exact) mass is 550 g/mol. The Labute approximate surface area is 244 Å². The normalized spacial score (nSPS) is 11.3. The van der Waals surface area contributed by atoms with Gasteiger partial charge in [0.2, 0.25) is 0 Å². The fraction of sp³-hybridized carbons (Fsp3) is 0.105. The van der Waals surface area contributed by atoms with Crippen LogP contribution in [0.3, 0.4) is 0 Å². The summed E-state index contributed by atoms with van der Waals surface area (Å²) in [6.45, 7) is 0.